The first-order chi connectivity index (χ1) is 12.8. The van der Waals surface area contributed by atoms with Crippen molar-refractivity contribution < 1.29 is 13.9 Å². The summed E-state index contributed by atoms with van der Waals surface area (Å²) in [6, 6.07) is 6.97. The predicted molar refractivity (Wildman–Crippen MR) is 106 cm³/mol. The summed E-state index contributed by atoms with van der Waals surface area (Å²) in [4.78, 5) is 17.4. The summed E-state index contributed by atoms with van der Waals surface area (Å²) < 4.78 is 19.8. The van der Waals surface area contributed by atoms with Crippen LogP contribution < -0.4 is 10.5 Å². The minimum Gasteiger partial charge on any atom is -0.482 e. The molecular weight excluding hydrogens is 345 g/mol. The lowest BCUT2D eigenvalue weighted by Gasteiger charge is -2.17. The largest absolute Gasteiger partial charge is 0.482 e. The van der Waals surface area contributed by atoms with Crippen LogP contribution in [-0.4, -0.2) is 36.0 Å². The summed E-state index contributed by atoms with van der Waals surface area (Å²) in [6.45, 7) is 8.49. The number of benzene rings is 1. The number of likely N-dealkylation sites (N-methyl/N-ethyl adjacent to an activating group) is 1. The van der Waals surface area contributed by atoms with Crippen molar-refractivity contribution in [2.75, 3.05) is 25.9 Å². The van der Waals surface area contributed by atoms with E-state index in [1.54, 1.807) is 18.0 Å². The lowest BCUT2D eigenvalue weighted by atomic mass is 9.97. The summed E-state index contributed by atoms with van der Waals surface area (Å²) >= 11 is 0. The number of amides is 1. The number of carbonyl (C=O) groups is 1. The number of hydrogen-bond donors (Lipinski definition) is 1. The summed E-state index contributed by atoms with van der Waals surface area (Å²) in [5.41, 5.74) is 8.74. The van der Waals surface area contributed by atoms with E-state index in [9.17, 15) is 9.18 Å². The van der Waals surface area contributed by atoms with Crippen molar-refractivity contribution in [3.05, 3.63) is 59.7 Å². The second-order valence-corrected chi connectivity index (χ2v) is 6.54. The molecule has 5 nitrogen and oxygen atoms in total. The first-order valence-electron chi connectivity index (χ1n) is 8.91. The van der Waals surface area contributed by atoms with Crippen LogP contribution in [0.3, 0.4) is 0 Å². The van der Waals surface area contributed by atoms with Gasteiger partial charge in [-0.2, -0.15) is 4.39 Å². The van der Waals surface area contributed by atoms with Crippen molar-refractivity contribution >= 4 is 17.2 Å². The number of carbonyl (C=O) groups excluding carboxylic acids is 1. The van der Waals surface area contributed by atoms with Gasteiger partial charge in [-0.1, -0.05) is 31.6 Å². The number of rotatable bonds is 8. The van der Waals surface area contributed by atoms with Crippen LogP contribution in [0.25, 0.3) is 5.57 Å². The van der Waals surface area contributed by atoms with Crippen LogP contribution in [0.4, 0.5) is 10.1 Å². The smallest absolute Gasteiger partial charge is 0.260 e. The van der Waals surface area contributed by atoms with Gasteiger partial charge in [0.15, 0.2) is 6.61 Å². The predicted octanol–water partition coefficient (Wildman–Crippen LogP) is 3.81. The van der Waals surface area contributed by atoms with E-state index in [1.165, 1.54) is 12.3 Å². The van der Waals surface area contributed by atoms with Crippen LogP contribution in [0.15, 0.2) is 37.0 Å². The molecule has 0 radical (unpaired) electrons. The van der Waals surface area contributed by atoms with E-state index in [4.69, 9.17) is 10.5 Å². The van der Waals surface area contributed by atoms with Gasteiger partial charge in [0.2, 0.25) is 5.95 Å². The molecule has 0 spiro atoms. The number of anilines is 1. The molecule has 1 amide bonds. The average Bonchev–Trinajstić information content (AvgIpc) is 2.66. The van der Waals surface area contributed by atoms with Crippen LogP contribution in [0.2, 0.25) is 0 Å². The first kappa shape index (κ1) is 20.4. The molecule has 1 heterocycles. The molecule has 0 aliphatic heterocycles. The Labute approximate surface area is 159 Å². The fraction of sp³-hybridized carbons (Fsp3) is 0.333. The average molecular weight is 371 g/mol. The number of nitrogens with two attached hydrogens (primary N) is 1. The van der Waals surface area contributed by atoms with E-state index < -0.39 is 5.95 Å². The Bertz CT molecular complexity index is 836. The van der Waals surface area contributed by atoms with Gasteiger partial charge in [-0.15, -0.1) is 0 Å². The molecule has 2 aromatic rings. The molecule has 0 saturated carbocycles. The Hall–Kier alpha value is -2.89. The zero-order valence-electron chi connectivity index (χ0n) is 16.1. The van der Waals surface area contributed by atoms with E-state index in [-0.39, 0.29) is 18.1 Å². The lowest BCUT2D eigenvalue weighted by Crippen LogP contribution is -2.32. The Morgan fingerprint density at radius 1 is 1.33 bits per heavy atom. The van der Waals surface area contributed by atoms with Crippen molar-refractivity contribution in [2.24, 2.45) is 0 Å². The van der Waals surface area contributed by atoms with Crippen molar-refractivity contribution in [3.8, 4) is 5.75 Å². The van der Waals surface area contributed by atoms with E-state index in [0.717, 1.165) is 18.4 Å². The highest BCUT2D eigenvalue weighted by Gasteiger charge is 2.15. The van der Waals surface area contributed by atoms with Gasteiger partial charge >= 0.3 is 0 Å². The van der Waals surface area contributed by atoms with Crippen molar-refractivity contribution in [3.63, 3.8) is 0 Å². The SMILES string of the molecule is C=C(c1cc(C)ccc1N)c1cc(OCC(=O)N(C)CCCC)cnc1F. The van der Waals surface area contributed by atoms with Gasteiger partial charge in [-0.05, 0) is 37.1 Å². The van der Waals surface area contributed by atoms with Gasteiger partial charge in [0.05, 0.1) is 6.20 Å². The standard InChI is InChI=1S/C21H26FN3O2/c1-5-6-9-25(4)20(26)13-27-16-11-18(21(22)24-12-16)15(3)17-10-14(2)7-8-19(17)23/h7-8,10-12H,3,5-6,9,13,23H2,1-2,4H3. The third kappa shape index (κ3) is 5.29. The molecule has 0 bridgehead atoms. The zero-order chi connectivity index (χ0) is 20.0. The Morgan fingerprint density at radius 3 is 2.78 bits per heavy atom. The highest BCUT2D eigenvalue weighted by molar-refractivity contribution is 5.84. The molecule has 144 valence electrons. The first-order valence-corrected chi connectivity index (χ1v) is 8.91. The highest BCUT2D eigenvalue weighted by Crippen LogP contribution is 2.30. The molecule has 0 fully saturated rings. The lowest BCUT2D eigenvalue weighted by molar-refractivity contribution is -0.132. The highest BCUT2D eigenvalue weighted by atomic mass is 19.1. The van der Waals surface area contributed by atoms with Gasteiger partial charge in [0.25, 0.3) is 5.91 Å². The maximum absolute atomic E-state index is 14.3. The molecule has 0 saturated heterocycles. The Kier molecular flexibility index (Phi) is 6.93. The quantitative estimate of drug-likeness (QED) is 0.566. The minimum absolute atomic E-state index is 0.133. The monoisotopic (exact) mass is 371 g/mol. The molecule has 1 aromatic heterocycles. The topological polar surface area (TPSA) is 68.5 Å². The molecular formula is C21H26FN3O2. The van der Waals surface area contributed by atoms with Gasteiger partial charge < -0.3 is 15.4 Å². The Morgan fingerprint density at radius 2 is 2.07 bits per heavy atom. The van der Waals surface area contributed by atoms with E-state index in [1.807, 2.05) is 19.1 Å². The maximum atomic E-state index is 14.3. The molecule has 0 unspecified atom stereocenters. The molecule has 27 heavy (non-hydrogen) atoms. The van der Waals surface area contributed by atoms with Crippen LogP contribution in [0.1, 0.15) is 36.5 Å². The van der Waals surface area contributed by atoms with Crippen LogP contribution >= 0.6 is 0 Å². The number of unbranched alkanes of at least 4 members (excludes halogenated alkanes) is 1. The second kappa shape index (κ2) is 9.16. The molecule has 1 aromatic carbocycles. The van der Waals surface area contributed by atoms with Crippen LogP contribution in [-0.2, 0) is 4.79 Å². The van der Waals surface area contributed by atoms with E-state index in [2.05, 4.69) is 18.5 Å². The third-order valence-corrected chi connectivity index (χ3v) is 4.31. The maximum Gasteiger partial charge on any atom is 0.260 e. The number of aryl methyl sites for hydroxylation is 1. The number of pyridine rings is 1. The van der Waals surface area contributed by atoms with Crippen LogP contribution in [0, 0.1) is 12.9 Å². The molecule has 2 N–H and O–H groups in total. The Balaban J connectivity index is 2.15. The zero-order valence-corrected chi connectivity index (χ0v) is 16.1. The molecule has 6 heteroatoms. The molecule has 0 aliphatic rings. The fourth-order valence-electron chi connectivity index (χ4n) is 2.57. The van der Waals surface area contributed by atoms with Crippen molar-refractivity contribution in [1.82, 2.24) is 9.88 Å². The summed E-state index contributed by atoms with van der Waals surface area (Å²) in [5, 5.41) is 0. The molecule has 0 atom stereocenters. The normalized spacial score (nSPS) is 10.5. The molecule has 2 rings (SSSR count). The number of aromatic nitrogens is 1. The number of ether oxygens (including phenoxy) is 1. The molecule has 0 aliphatic carbocycles. The number of nitrogen functional groups attached to an aromatic ring is 1. The summed E-state index contributed by atoms with van der Waals surface area (Å²) in [5.74, 6) is -0.508. The number of hydrogen-bond acceptors (Lipinski definition) is 4. The van der Waals surface area contributed by atoms with E-state index in [0.29, 0.717) is 29.1 Å². The van der Waals surface area contributed by atoms with Gasteiger partial charge in [0.1, 0.15) is 5.75 Å². The van der Waals surface area contributed by atoms with E-state index >= 15 is 0 Å². The fourth-order valence-corrected chi connectivity index (χ4v) is 2.57. The van der Waals surface area contributed by atoms with Crippen molar-refractivity contribution in [1.29, 1.82) is 0 Å². The summed E-state index contributed by atoms with van der Waals surface area (Å²) in [6.07, 6.45) is 3.20. The number of nitrogens with zero attached hydrogens (tertiary/aromatic N) is 2. The van der Waals surface area contributed by atoms with Gasteiger partial charge in [-0.3, -0.25) is 4.79 Å². The van der Waals surface area contributed by atoms with Gasteiger partial charge in [-0.25, -0.2) is 4.98 Å². The van der Waals surface area contributed by atoms with Crippen molar-refractivity contribution in [2.45, 2.75) is 26.7 Å². The number of halogens is 1. The second-order valence-electron chi connectivity index (χ2n) is 6.54. The third-order valence-electron chi connectivity index (χ3n) is 4.31. The van der Waals surface area contributed by atoms with Gasteiger partial charge in [0, 0.05) is 30.4 Å². The minimum atomic E-state index is -0.667. The summed E-state index contributed by atoms with van der Waals surface area (Å²) in [7, 11) is 1.73. The van der Waals surface area contributed by atoms with Crippen LogP contribution in [0.5, 0.6) is 5.75 Å².